The van der Waals surface area contributed by atoms with E-state index < -0.39 is 12.1 Å². The molecular weight excluding hydrogens is 1110 g/mol. The van der Waals surface area contributed by atoms with Gasteiger partial charge in [-0.05, 0) is 83.5 Å². The van der Waals surface area contributed by atoms with E-state index in [4.69, 9.17) is 4.74 Å². The SMILES string of the molecule is CCCCCCCC/C=C\CCCCCCCC(=O)OCCCCCCCCCCCCC/C=C\C/C=C\CCCCCCCCCCCCCCCCCCCC(=O)NC(CO)C(O)CCCCCCCCCCCCCCCCCCCCCCCCCC. The van der Waals surface area contributed by atoms with E-state index in [-0.39, 0.29) is 18.5 Å². The maximum Gasteiger partial charge on any atom is 0.305 e. The zero-order valence-electron chi connectivity index (χ0n) is 61.9. The third-order valence-electron chi connectivity index (χ3n) is 19.7. The Morgan fingerprint density at radius 1 is 0.308 bits per heavy atom. The Balaban J connectivity index is 3.37. The Morgan fingerprint density at radius 2 is 0.549 bits per heavy atom. The van der Waals surface area contributed by atoms with E-state index in [0.29, 0.717) is 25.9 Å². The summed E-state index contributed by atoms with van der Waals surface area (Å²) in [6, 6.07) is -0.541. The summed E-state index contributed by atoms with van der Waals surface area (Å²) < 4.78 is 5.50. The van der Waals surface area contributed by atoms with E-state index in [1.54, 1.807) is 0 Å². The summed E-state index contributed by atoms with van der Waals surface area (Å²) in [7, 11) is 0. The number of aliphatic hydroxyl groups is 2. The van der Waals surface area contributed by atoms with Gasteiger partial charge in [0.05, 0.1) is 25.4 Å². The van der Waals surface area contributed by atoms with Crippen molar-refractivity contribution >= 4 is 11.9 Å². The minimum Gasteiger partial charge on any atom is -0.466 e. The number of carbonyl (C=O) groups excluding carboxylic acids is 2. The average molecular weight is 1280 g/mol. The topological polar surface area (TPSA) is 95.9 Å². The van der Waals surface area contributed by atoms with Crippen LogP contribution in [0, 0.1) is 0 Å². The molecule has 0 fully saturated rings. The first-order chi connectivity index (χ1) is 45.0. The van der Waals surface area contributed by atoms with Crippen LogP contribution in [-0.4, -0.2) is 47.4 Å². The Hall–Kier alpha value is -1.92. The lowest BCUT2D eigenvalue weighted by atomic mass is 10.0. The largest absolute Gasteiger partial charge is 0.466 e. The zero-order valence-corrected chi connectivity index (χ0v) is 61.9. The summed E-state index contributed by atoms with van der Waals surface area (Å²) in [5, 5.41) is 23.5. The molecule has 0 aliphatic heterocycles. The zero-order chi connectivity index (χ0) is 65.6. The van der Waals surface area contributed by atoms with Crippen LogP contribution < -0.4 is 5.32 Å². The number of allylic oxidation sites excluding steroid dienone is 6. The van der Waals surface area contributed by atoms with Gasteiger partial charge >= 0.3 is 5.97 Å². The van der Waals surface area contributed by atoms with Crippen molar-refractivity contribution in [1.29, 1.82) is 0 Å². The van der Waals surface area contributed by atoms with Gasteiger partial charge in [0, 0.05) is 12.8 Å². The van der Waals surface area contributed by atoms with E-state index in [0.717, 1.165) is 51.4 Å². The second kappa shape index (κ2) is 80.5. The number of hydrogen-bond donors (Lipinski definition) is 3. The van der Waals surface area contributed by atoms with E-state index in [9.17, 15) is 19.8 Å². The fraction of sp³-hybridized carbons (Fsp3) is 0.906. The van der Waals surface area contributed by atoms with E-state index in [2.05, 4.69) is 55.6 Å². The van der Waals surface area contributed by atoms with Gasteiger partial charge in [0.1, 0.15) is 0 Å². The first-order valence-electron chi connectivity index (χ1n) is 41.7. The molecule has 0 aliphatic carbocycles. The van der Waals surface area contributed by atoms with Crippen LogP contribution in [0.5, 0.6) is 0 Å². The van der Waals surface area contributed by atoms with Gasteiger partial charge in [-0.15, -0.1) is 0 Å². The summed E-state index contributed by atoms with van der Waals surface area (Å²) in [4.78, 5) is 24.7. The molecule has 0 saturated heterocycles. The van der Waals surface area contributed by atoms with E-state index >= 15 is 0 Å². The number of ether oxygens (including phenoxy) is 1. The highest BCUT2D eigenvalue weighted by Crippen LogP contribution is 2.20. The third-order valence-corrected chi connectivity index (χ3v) is 19.7. The fourth-order valence-corrected chi connectivity index (χ4v) is 13.3. The Morgan fingerprint density at radius 3 is 0.846 bits per heavy atom. The molecule has 1 amide bonds. The number of hydrogen-bond acceptors (Lipinski definition) is 5. The normalized spacial score (nSPS) is 12.6. The Bertz CT molecular complexity index is 1470. The molecule has 6 heteroatoms. The lowest BCUT2D eigenvalue weighted by Crippen LogP contribution is -2.45. The van der Waals surface area contributed by atoms with Crippen LogP contribution in [0.25, 0.3) is 0 Å². The van der Waals surface area contributed by atoms with E-state index in [1.807, 2.05) is 0 Å². The second-order valence-electron chi connectivity index (χ2n) is 28.8. The van der Waals surface area contributed by atoms with Gasteiger partial charge in [0.25, 0.3) is 0 Å². The molecule has 0 aromatic rings. The predicted molar refractivity (Wildman–Crippen MR) is 403 cm³/mol. The van der Waals surface area contributed by atoms with Crippen LogP contribution in [0.2, 0.25) is 0 Å². The van der Waals surface area contributed by atoms with Crippen molar-refractivity contribution in [3.05, 3.63) is 36.5 Å². The highest BCUT2D eigenvalue weighted by Gasteiger charge is 2.20. The maximum atomic E-state index is 12.6. The average Bonchev–Trinajstić information content (AvgIpc) is 3.75. The smallest absolute Gasteiger partial charge is 0.305 e. The number of unbranched alkanes of at least 4 members (excludes halogenated alkanes) is 62. The van der Waals surface area contributed by atoms with Crippen LogP contribution in [0.3, 0.4) is 0 Å². The van der Waals surface area contributed by atoms with Crippen LogP contribution in [0.4, 0.5) is 0 Å². The van der Waals surface area contributed by atoms with Crippen molar-refractivity contribution in [2.45, 2.75) is 482 Å². The number of amides is 1. The van der Waals surface area contributed by atoms with Crippen molar-refractivity contribution in [3.8, 4) is 0 Å². The molecule has 0 rings (SSSR count). The van der Waals surface area contributed by atoms with Gasteiger partial charge in [0.2, 0.25) is 5.91 Å². The molecule has 0 aromatic heterocycles. The fourth-order valence-electron chi connectivity index (χ4n) is 13.3. The first-order valence-corrected chi connectivity index (χ1v) is 41.7. The minimum absolute atomic E-state index is 0.00969. The summed E-state index contributed by atoms with van der Waals surface area (Å²) in [5.74, 6) is -0.0172. The van der Waals surface area contributed by atoms with Gasteiger partial charge in [0.15, 0.2) is 0 Å². The number of rotatable bonds is 79. The predicted octanol–water partition coefficient (Wildman–Crippen LogP) is 27.8. The maximum absolute atomic E-state index is 12.6. The quantitative estimate of drug-likeness (QED) is 0.0320. The molecule has 0 aromatic carbocycles. The number of carbonyl (C=O) groups is 2. The molecule has 0 radical (unpaired) electrons. The molecule has 3 N–H and O–H groups in total. The standard InChI is InChI=1S/C85H163NO5/c1-3-5-7-9-11-13-15-17-19-20-21-22-23-37-40-43-46-50-53-57-61-65-69-73-77-83(88)82(81-87)86-84(89)78-74-70-66-62-58-54-51-47-44-41-38-35-33-31-29-27-25-24-26-28-30-32-34-36-39-42-45-48-52-56-60-64-68-72-76-80-91-85(90)79-75-71-67-63-59-55-49-18-16-14-12-10-8-6-4-2/h18,26,28,32,34,49,82-83,87-88H,3-17,19-25,27,29-31,33,35-48,50-81H2,1-2H3,(H,86,89)/b28-26-,34-32-,49-18-. The van der Waals surface area contributed by atoms with Crippen molar-refractivity contribution in [2.75, 3.05) is 13.2 Å². The molecule has 538 valence electrons. The molecule has 0 spiro atoms. The Labute approximate surface area is 570 Å². The number of aliphatic hydroxyl groups excluding tert-OH is 2. The third kappa shape index (κ3) is 77.0. The van der Waals surface area contributed by atoms with E-state index in [1.165, 1.54) is 385 Å². The lowest BCUT2D eigenvalue weighted by Gasteiger charge is -2.22. The van der Waals surface area contributed by atoms with Crippen LogP contribution >= 0.6 is 0 Å². The molecule has 91 heavy (non-hydrogen) atoms. The van der Waals surface area contributed by atoms with Gasteiger partial charge < -0.3 is 20.3 Å². The van der Waals surface area contributed by atoms with Gasteiger partial charge in [-0.3, -0.25) is 9.59 Å². The van der Waals surface area contributed by atoms with Crippen LogP contribution in [0.1, 0.15) is 470 Å². The first kappa shape index (κ1) is 89.1. The van der Waals surface area contributed by atoms with Gasteiger partial charge in [-0.1, -0.05) is 410 Å². The summed E-state index contributed by atoms with van der Waals surface area (Å²) in [5.41, 5.74) is 0. The van der Waals surface area contributed by atoms with Crippen molar-refractivity contribution in [2.24, 2.45) is 0 Å². The monoisotopic (exact) mass is 1280 g/mol. The molecule has 2 unspecified atom stereocenters. The number of esters is 1. The molecular formula is C85H163NO5. The highest BCUT2D eigenvalue weighted by atomic mass is 16.5. The molecule has 6 nitrogen and oxygen atoms in total. The molecule has 2 atom stereocenters. The van der Waals surface area contributed by atoms with Gasteiger partial charge in [-0.25, -0.2) is 0 Å². The van der Waals surface area contributed by atoms with Crippen LogP contribution in [0.15, 0.2) is 36.5 Å². The number of nitrogens with one attached hydrogen (secondary N) is 1. The summed E-state index contributed by atoms with van der Waals surface area (Å²) >= 11 is 0. The van der Waals surface area contributed by atoms with Crippen LogP contribution in [-0.2, 0) is 14.3 Å². The molecule has 0 heterocycles. The second-order valence-corrected chi connectivity index (χ2v) is 28.8. The lowest BCUT2D eigenvalue weighted by molar-refractivity contribution is -0.143. The molecule has 0 aliphatic rings. The highest BCUT2D eigenvalue weighted by molar-refractivity contribution is 5.76. The molecule has 0 bridgehead atoms. The van der Waals surface area contributed by atoms with Crippen molar-refractivity contribution in [3.63, 3.8) is 0 Å². The summed E-state index contributed by atoms with van der Waals surface area (Å²) in [6.45, 7) is 4.99. The molecule has 0 saturated carbocycles. The minimum atomic E-state index is -0.665. The van der Waals surface area contributed by atoms with Crippen molar-refractivity contribution < 1.29 is 24.5 Å². The van der Waals surface area contributed by atoms with Gasteiger partial charge in [-0.2, -0.15) is 0 Å². The Kier molecular flexibility index (Phi) is 78.8. The van der Waals surface area contributed by atoms with Crippen molar-refractivity contribution in [1.82, 2.24) is 5.32 Å². The summed E-state index contributed by atoms with van der Waals surface area (Å²) in [6.07, 6.45) is 105.